The number of hydrogen-bond donors (Lipinski definition) is 2. The molecule has 6 heteroatoms. The fraction of sp³-hybridized carbons (Fsp3) is 0.500. The van der Waals surface area contributed by atoms with Gasteiger partial charge in [-0.3, -0.25) is 0 Å². The molecule has 5 nitrogen and oxygen atoms in total. The van der Waals surface area contributed by atoms with Crippen LogP contribution in [0.2, 0.25) is 0 Å². The standard InChI is InChI=1S/C12H18N2O3S/c1-2-7-12(15)8-14(9-12)10-3-5-11(6-4-10)18(13,16)17/h3-6,15H,2,7-9H2,1H3,(H2,13,16,17). The molecular formula is C12H18N2O3S. The maximum atomic E-state index is 11.1. The van der Waals surface area contributed by atoms with Crippen molar-refractivity contribution in [2.45, 2.75) is 30.3 Å². The van der Waals surface area contributed by atoms with E-state index in [0.29, 0.717) is 13.1 Å². The van der Waals surface area contributed by atoms with E-state index in [4.69, 9.17) is 5.14 Å². The molecule has 1 aromatic carbocycles. The predicted octanol–water partition coefficient (Wildman–Crippen LogP) is 0.685. The van der Waals surface area contributed by atoms with Crippen LogP contribution in [0.3, 0.4) is 0 Å². The molecule has 1 aromatic rings. The zero-order chi connectivity index (χ0) is 13.4. The second-order valence-electron chi connectivity index (χ2n) is 4.87. The van der Waals surface area contributed by atoms with Crippen molar-refractivity contribution in [2.24, 2.45) is 5.14 Å². The maximum Gasteiger partial charge on any atom is 0.238 e. The van der Waals surface area contributed by atoms with E-state index < -0.39 is 15.6 Å². The second-order valence-corrected chi connectivity index (χ2v) is 6.43. The number of aliphatic hydroxyl groups is 1. The summed E-state index contributed by atoms with van der Waals surface area (Å²) in [6, 6.07) is 6.40. The molecule has 3 N–H and O–H groups in total. The Kier molecular flexibility index (Phi) is 3.35. The Morgan fingerprint density at radius 2 is 1.89 bits per heavy atom. The van der Waals surface area contributed by atoms with Gasteiger partial charge in [0, 0.05) is 18.8 Å². The van der Waals surface area contributed by atoms with Crippen LogP contribution < -0.4 is 10.0 Å². The molecule has 1 fully saturated rings. The second kappa shape index (κ2) is 4.53. The van der Waals surface area contributed by atoms with Gasteiger partial charge in [-0.2, -0.15) is 0 Å². The molecule has 0 atom stereocenters. The summed E-state index contributed by atoms with van der Waals surface area (Å²) in [6.07, 6.45) is 1.74. The number of primary sulfonamides is 1. The molecule has 0 spiro atoms. The number of hydrogen-bond acceptors (Lipinski definition) is 4. The lowest BCUT2D eigenvalue weighted by Crippen LogP contribution is -2.61. The van der Waals surface area contributed by atoms with E-state index in [2.05, 4.69) is 0 Å². The van der Waals surface area contributed by atoms with Crippen LogP contribution in [-0.2, 0) is 10.0 Å². The summed E-state index contributed by atoms with van der Waals surface area (Å²) in [4.78, 5) is 2.12. The number of nitrogens with two attached hydrogens (primary N) is 1. The number of rotatable bonds is 4. The van der Waals surface area contributed by atoms with Gasteiger partial charge in [-0.15, -0.1) is 0 Å². The van der Waals surface area contributed by atoms with Crippen LogP contribution in [0.4, 0.5) is 5.69 Å². The molecule has 1 heterocycles. The number of sulfonamides is 1. The van der Waals surface area contributed by atoms with E-state index >= 15 is 0 Å². The first-order valence-corrected chi connectivity index (χ1v) is 7.49. The monoisotopic (exact) mass is 270 g/mol. The summed E-state index contributed by atoms with van der Waals surface area (Å²) in [5.74, 6) is 0. The molecule has 0 radical (unpaired) electrons. The summed E-state index contributed by atoms with van der Waals surface area (Å²) < 4.78 is 22.2. The summed E-state index contributed by atoms with van der Waals surface area (Å²) >= 11 is 0. The van der Waals surface area contributed by atoms with Crippen molar-refractivity contribution >= 4 is 15.7 Å². The molecule has 1 aliphatic heterocycles. The van der Waals surface area contributed by atoms with Crippen LogP contribution in [0.15, 0.2) is 29.2 Å². The Balaban J connectivity index is 2.05. The highest BCUT2D eigenvalue weighted by molar-refractivity contribution is 7.89. The van der Waals surface area contributed by atoms with E-state index in [1.807, 2.05) is 11.8 Å². The number of benzene rings is 1. The molecule has 1 aliphatic rings. The minimum atomic E-state index is -3.63. The van der Waals surface area contributed by atoms with Crippen molar-refractivity contribution < 1.29 is 13.5 Å². The zero-order valence-corrected chi connectivity index (χ0v) is 11.2. The number of anilines is 1. The van der Waals surface area contributed by atoms with Crippen molar-refractivity contribution in [3.63, 3.8) is 0 Å². The molecular weight excluding hydrogens is 252 g/mol. The third kappa shape index (κ3) is 2.66. The first kappa shape index (κ1) is 13.3. The Bertz CT molecular complexity index is 519. The fourth-order valence-electron chi connectivity index (χ4n) is 2.32. The molecule has 1 saturated heterocycles. The van der Waals surface area contributed by atoms with Crippen molar-refractivity contribution in [1.82, 2.24) is 0 Å². The fourth-order valence-corrected chi connectivity index (χ4v) is 2.83. The summed E-state index contributed by atoms with van der Waals surface area (Å²) in [5.41, 5.74) is 0.316. The van der Waals surface area contributed by atoms with Gasteiger partial charge in [-0.1, -0.05) is 13.3 Å². The van der Waals surface area contributed by atoms with Gasteiger partial charge in [-0.25, -0.2) is 13.6 Å². The van der Waals surface area contributed by atoms with Gasteiger partial charge < -0.3 is 10.0 Å². The predicted molar refractivity (Wildman–Crippen MR) is 69.9 cm³/mol. The highest BCUT2D eigenvalue weighted by Gasteiger charge is 2.40. The Morgan fingerprint density at radius 3 is 2.33 bits per heavy atom. The third-order valence-electron chi connectivity index (χ3n) is 3.22. The zero-order valence-electron chi connectivity index (χ0n) is 10.3. The van der Waals surface area contributed by atoms with Crippen molar-refractivity contribution in [2.75, 3.05) is 18.0 Å². The van der Waals surface area contributed by atoms with E-state index in [1.165, 1.54) is 12.1 Å². The van der Waals surface area contributed by atoms with E-state index in [0.717, 1.165) is 18.5 Å². The molecule has 0 aliphatic carbocycles. The maximum absolute atomic E-state index is 11.1. The lowest BCUT2D eigenvalue weighted by atomic mass is 9.89. The average Bonchev–Trinajstić information content (AvgIpc) is 2.25. The van der Waals surface area contributed by atoms with Crippen molar-refractivity contribution in [3.05, 3.63) is 24.3 Å². The largest absolute Gasteiger partial charge is 0.386 e. The van der Waals surface area contributed by atoms with Gasteiger partial charge in [0.2, 0.25) is 10.0 Å². The van der Waals surface area contributed by atoms with Crippen LogP contribution in [0.1, 0.15) is 19.8 Å². The van der Waals surface area contributed by atoms with Crippen molar-refractivity contribution in [3.8, 4) is 0 Å². The molecule has 0 aromatic heterocycles. The summed E-state index contributed by atoms with van der Waals surface area (Å²) in [6.45, 7) is 3.23. The van der Waals surface area contributed by atoms with Gasteiger partial charge in [-0.05, 0) is 30.7 Å². The van der Waals surface area contributed by atoms with Gasteiger partial charge in [0.25, 0.3) is 0 Å². The highest BCUT2D eigenvalue weighted by Crippen LogP contribution is 2.31. The minimum Gasteiger partial charge on any atom is -0.386 e. The molecule has 18 heavy (non-hydrogen) atoms. The molecule has 0 bridgehead atoms. The normalized spacial score (nSPS) is 18.5. The molecule has 100 valence electrons. The summed E-state index contributed by atoms with van der Waals surface area (Å²) in [5, 5.41) is 15.1. The molecule has 0 saturated carbocycles. The van der Waals surface area contributed by atoms with Crippen LogP contribution in [-0.4, -0.2) is 32.2 Å². The molecule has 0 amide bonds. The minimum absolute atomic E-state index is 0.107. The Morgan fingerprint density at radius 1 is 1.33 bits per heavy atom. The van der Waals surface area contributed by atoms with Gasteiger partial charge in [0.15, 0.2) is 0 Å². The van der Waals surface area contributed by atoms with E-state index in [1.54, 1.807) is 12.1 Å². The third-order valence-corrected chi connectivity index (χ3v) is 4.15. The van der Waals surface area contributed by atoms with E-state index in [-0.39, 0.29) is 4.90 Å². The quantitative estimate of drug-likeness (QED) is 0.843. The average molecular weight is 270 g/mol. The first-order valence-electron chi connectivity index (χ1n) is 5.94. The smallest absolute Gasteiger partial charge is 0.238 e. The number of nitrogens with zero attached hydrogens (tertiary/aromatic N) is 1. The summed E-state index contributed by atoms with van der Waals surface area (Å²) in [7, 11) is -3.63. The highest BCUT2D eigenvalue weighted by atomic mass is 32.2. The SMILES string of the molecule is CCCC1(O)CN(c2ccc(S(N)(=O)=O)cc2)C1. The van der Waals surface area contributed by atoms with Gasteiger partial charge >= 0.3 is 0 Å². The van der Waals surface area contributed by atoms with Gasteiger partial charge in [0.05, 0.1) is 10.5 Å². The first-order chi connectivity index (χ1) is 8.34. The number of β-amino-alcohol motifs (C(OH)–C–C–N with tert-alkyl or cyclic N) is 1. The van der Waals surface area contributed by atoms with Crippen LogP contribution in [0.25, 0.3) is 0 Å². The Hall–Kier alpha value is -1.11. The lowest BCUT2D eigenvalue weighted by molar-refractivity contribution is 0.00339. The van der Waals surface area contributed by atoms with Crippen molar-refractivity contribution in [1.29, 1.82) is 0 Å². The van der Waals surface area contributed by atoms with Gasteiger partial charge in [0.1, 0.15) is 0 Å². The molecule has 2 rings (SSSR count). The molecule has 0 unspecified atom stereocenters. The lowest BCUT2D eigenvalue weighted by Gasteiger charge is -2.48. The Labute approximate surface area is 107 Å². The van der Waals surface area contributed by atoms with Crippen LogP contribution in [0, 0.1) is 0 Å². The van der Waals surface area contributed by atoms with Crippen LogP contribution in [0.5, 0.6) is 0 Å². The topological polar surface area (TPSA) is 83.6 Å². The van der Waals surface area contributed by atoms with E-state index in [9.17, 15) is 13.5 Å². The van der Waals surface area contributed by atoms with Crippen LogP contribution >= 0.6 is 0 Å².